The Labute approximate surface area is 150 Å². The zero-order valence-electron chi connectivity index (χ0n) is 13.9. The van der Waals surface area contributed by atoms with Gasteiger partial charge in [0.25, 0.3) is 5.91 Å². The number of aromatic nitrogens is 4. The Balaban J connectivity index is 1.53. The van der Waals surface area contributed by atoms with Crippen LogP contribution < -0.4 is 10.0 Å². The minimum absolute atomic E-state index is 0.0455. The molecule has 11 heteroatoms. The predicted molar refractivity (Wildman–Crippen MR) is 81.9 cm³/mol. The maximum Gasteiger partial charge on any atom is 0.416 e. The van der Waals surface area contributed by atoms with Crippen LogP contribution in [-0.2, 0) is 11.2 Å². The van der Waals surface area contributed by atoms with Gasteiger partial charge in [0.1, 0.15) is 0 Å². The maximum absolute atomic E-state index is 13.3. The molecule has 1 amide bonds. The molecule has 1 saturated heterocycles. The maximum atomic E-state index is 13.3. The molecule has 0 unspecified atom stereocenters. The molecule has 0 aromatic carbocycles. The molecule has 142 valence electrons. The summed E-state index contributed by atoms with van der Waals surface area (Å²) in [4.78, 5) is 16.8. The normalized spacial score (nSPS) is 24.7. The molecule has 3 aliphatic rings. The van der Waals surface area contributed by atoms with E-state index in [4.69, 9.17) is 4.74 Å². The number of rotatable bonds is 3. The third-order valence-corrected chi connectivity index (χ3v) is 5.45. The minimum Gasteiger partial charge on any atom is -0.619 e. The van der Waals surface area contributed by atoms with Gasteiger partial charge in [-0.2, -0.15) is 23.0 Å². The summed E-state index contributed by atoms with van der Waals surface area (Å²) in [5.74, 6) is -0.104. The van der Waals surface area contributed by atoms with Crippen molar-refractivity contribution in [1.29, 1.82) is 0 Å². The summed E-state index contributed by atoms with van der Waals surface area (Å²) in [6, 6.07) is 0. The van der Waals surface area contributed by atoms with Crippen LogP contribution in [0.4, 0.5) is 13.2 Å². The van der Waals surface area contributed by atoms with E-state index in [1.165, 1.54) is 23.3 Å². The third-order valence-electron chi connectivity index (χ3n) is 5.45. The Morgan fingerprint density at radius 2 is 2.22 bits per heavy atom. The molecule has 0 bridgehead atoms. The first-order valence-corrected chi connectivity index (χ1v) is 8.43. The highest BCUT2D eigenvalue weighted by Gasteiger charge is 2.61. The largest absolute Gasteiger partial charge is 0.619 e. The molecule has 2 aromatic heterocycles. The van der Waals surface area contributed by atoms with Crippen molar-refractivity contribution < 1.29 is 27.4 Å². The van der Waals surface area contributed by atoms with Gasteiger partial charge in [-0.3, -0.25) is 4.79 Å². The lowest BCUT2D eigenvalue weighted by Gasteiger charge is -2.42. The number of hydrogen-bond donors (Lipinski definition) is 1. The number of nitrogens with one attached hydrogen (secondary N) is 1. The van der Waals surface area contributed by atoms with E-state index in [0.717, 1.165) is 12.1 Å². The van der Waals surface area contributed by atoms with E-state index < -0.39 is 30.8 Å². The number of fused-ring (bicyclic) bond motifs is 3. The summed E-state index contributed by atoms with van der Waals surface area (Å²) >= 11 is 0. The summed E-state index contributed by atoms with van der Waals surface area (Å²) in [5, 5.41) is 17.9. The van der Waals surface area contributed by atoms with Gasteiger partial charge in [-0.15, -0.1) is 0 Å². The van der Waals surface area contributed by atoms with Gasteiger partial charge in [0.15, 0.2) is 17.4 Å². The van der Waals surface area contributed by atoms with Crippen LogP contribution >= 0.6 is 0 Å². The molecule has 1 N–H and O–H groups in total. The molecule has 27 heavy (non-hydrogen) atoms. The van der Waals surface area contributed by atoms with Crippen LogP contribution in [0.3, 0.4) is 0 Å². The third kappa shape index (κ3) is 2.34. The smallest absolute Gasteiger partial charge is 0.416 e. The number of nitrogens with zero attached hydrogens (tertiary/aromatic N) is 4. The summed E-state index contributed by atoms with van der Waals surface area (Å²) in [7, 11) is 0. The van der Waals surface area contributed by atoms with Gasteiger partial charge < -0.3 is 15.3 Å². The average molecular weight is 381 g/mol. The Morgan fingerprint density at radius 1 is 1.44 bits per heavy atom. The second kappa shape index (κ2) is 5.18. The van der Waals surface area contributed by atoms with Gasteiger partial charge in [0, 0.05) is 11.5 Å². The van der Waals surface area contributed by atoms with Gasteiger partial charge in [0.05, 0.1) is 25.1 Å². The van der Waals surface area contributed by atoms with Gasteiger partial charge >= 0.3 is 6.18 Å². The highest BCUT2D eigenvalue weighted by atomic mass is 19.4. The number of hydrogen-bond acceptors (Lipinski definition) is 5. The van der Waals surface area contributed by atoms with E-state index in [0.29, 0.717) is 22.6 Å². The molecular formula is C16H14F3N5O3. The predicted octanol–water partition coefficient (Wildman–Crippen LogP) is 0.621. The fourth-order valence-corrected chi connectivity index (χ4v) is 3.84. The fourth-order valence-electron chi connectivity index (χ4n) is 3.84. The summed E-state index contributed by atoms with van der Waals surface area (Å²) in [6.45, 7) is -1.24. The molecule has 8 nitrogen and oxygen atoms in total. The van der Waals surface area contributed by atoms with E-state index in [-0.39, 0.29) is 17.4 Å². The number of halogens is 3. The second-order valence-corrected chi connectivity index (χ2v) is 7.23. The number of alkyl halides is 3. The van der Waals surface area contributed by atoms with Crippen molar-refractivity contribution in [2.45, 2.75) is 30.5 Å². The van der Waals surface area contributed by atoms with Crippen LogP contribution in [0.1, 0.15) is 34.1 Å². The van der Waals surface area contributed by atoms with Crippen molar-refractivity contribution in [2.24, 2.45) is 5.92 Å². The number of carbonyl (C=O) groups is 1. The van der Waals surface area contributed by atoms with Crippen LogP contribution in [0.2, 0.25) is 0 Å². The van der Waals surface area contributed by atoms with Crippen LogP contribution in [0.5, 0.6) is 0 Å². The van der Waals surface area contributed by atoms with Crippen molar-refractivity contribution in [3.05, 3.63) is 40.7 Å². The van der Waals surface area contributed by atoms with Crippen LogP contribution in [0, 0.1) is 11.1 Å². The Bertz CT molecular complexity index is 953. The molecule has 1 aliphatic heterocycles. The lowest BCUT2D eigenvalue weighted by atomic mass is 9.96. The average Bonchev–Trinajstić information content (AvgIpc) is 3.06. The minimum atomic E-state index is -4.62. The SMILES string of the molecule is O=C(NC1(C(F)(F)F)COC1)c1nn(-c2c[n+]([O-])ccn2)c2c1C[C@@H]1C[C@H]21. The van der Waals surface area contributed by atoms with Gasteiger partial charge in [-0.05, 0) is 18.8 Å². The molecule has 3 heterocycles. The quantitative estimate of drug-likeness (QED) is 0.621. The van der Waals surface area contributed by atoms with E-state index in [9.17, 15) is 23.2 Å². The van der Waals surface area contributed by atoms with Crippen molar-refractivity contribution in [2.75, 3.05) is 13.2 Å². The number of ether oxygens (including phenoxy) is 1. The van der Waals surface area contributed by atoms with Crippen molar-refractivity contribution in [3.8, 4) is 5.82 Å². The zero-order chi connectivity index (χ0) is 19.0. The standard InChI is InChI=1S/C16H14F3N5O3/c17-16(18,19)15(6-27-7-15)21-14(25)12-10-4-8-3-9(8)13(10)24(22-12)11-5-23(26)2-1-20-11/h1-2,5,8-9H,3-4,6-7H2,(H,21,25)/t8-,9-/m0/s1. The Morgan fingerprint density at radius 3 is 2.85 bits per heavy atom. The second-order valence-electron chi connectivity index (χ2n) is 7.23. The first-order valence-electron chi connectivity index (χ1n) is 8.43. The van der Waals surface area contributed by atoms with Crippen LogP contribution in [-0.4, -0.2) is 45.6 Å². The lowest BCUT2D eigenvalue weighted by molar-refractivity contribution is -0.605. The van der Waals surface area contributed by atoms with Crippen molar-refractivity contribution in [1.82, 2.24) is 20.1 Å². The molecular weight excluding hydrogens is 367 g/mol. The van der Waals surface area contributed by atoms with Gasteiger partial charge in [0.2, 0.25) is 12.0 Å². The summed E-state index contributed by atoms with van der Waals surface area (Å²) in [6.07, 6.45) is 0.628. The highest BCUT2D eigenvalue weighted by Crippen LogP contribution is 2.57. The number of amides is 1. The molecule has 2 aliphatic carbocycles. The summed E-state index contributed by atoms with van der Waals surface area (Å²) in [5.41, 5.74) is -1.04. The van der Waals surface area contributed by atoms with Crippen LogP contribution in [0.25, 0.3) is 5.82 Å². The number of carbonyl (C=O) groups excluding carboxylic acids is 1. The van der Waals surface area contributed by atoms with E-state index in [1.54, 1.807) is 0 Å². The van der Waals surface area contributed by atoms with Crippen LogP contribution in [0.15, 0.2) is 18.6 Å². The topological polar surface area (TPSA) is 96.0 Å². The zero-order valence-corrected chi connectivity index (χ0v) is 13.9. The molecule has 2 fully saturated rings. The molecule has 5 rings (SSSR count). The van der Waals surface area contributed by atoms with Crippen molar-refractivity contribution in [3.63, 3.8) is 0 Å². The molecule has 2 aromatic rings. The summed E-state index contributed by atoms with van der Waals surface area (Å²) < 4.78 is 46.6. The highest BCUT2D eigenvalue weighted by molar-refractivity contribution is 5.95. The first-order chi connectivity index (χ1) is 12.8. The van der Waals surface area contributed by atoms with Gasteiger partial charge in [-0.25, -0.2) is 9.67 Å². The van der Waals surface area contributed by atoms with Gasteiger partial charge in [-0.1, -0.05) is 0 Å². The molecule has 1 saturated carbocycles. The Kier molecular flexibility index (Phi) is 3.16. The van der Waals surface area contributed by atoms with E-state index in [2.05, 4.69) is 15.4 Å². The molecule has 2 atom stereocenters. The molecule has 0 spiro atoms. The first kappa shape index (κ1) is 16.5. The van der Waals surface area contributed by atoms with E-state index >= 15 is 0 Å². The monoisotopic (exact) mass is 381 g/mol. The van der Waals surface area contributed by atoms with Crippen molar-refractivity contribution >= 4 is 5.91 Å². The fraction of sp³-hybridized carbons (Fsp3) is 0.500. The Hall–Kier alpha value is -2.69. The van der Waals surface area contributed by atoms with E-state index in [1.807, 2.05) is 0 Å². The lowest BCUT2D eigenvalue weighted by Crippen LogP contribution is -2.70. The molecule has 0 radical (unpaired) electrons.